The van der Waals surface area contributed by atoms with E-state index in [1.54, 1.807) is 0 Å². The number of halogens is 1. The predicted molar refractivity (Wildman–Crippen MR) is 100 cm³/mol. The Morgan fingerprint density at radius 1 is 0.708 bits per heavy atom. The Hall–Kier alpha value is -2.41. The van der Waals surface area contributed by atoms with Gasteiger partial charge in [-0.05, 0) is 28.8 Å². The molecule has 0 saturated heterocycles. The summed E-state index contributed by atoms with van der Waals surface area (Å²) in [6.07, 6.45) is 0. The fraction of sp³-hybridized carbons (Fsp3) is 0.0952. The third-order valence-electron chi connectivity index (χ3n) is 3.93. The molecule has 0 radical (unpaired) electrons. The van der Waals surface area contributed by atoms with E-state index in [2.05, 4.69) is 51.6 Å². The monoisotopic (exact) mass is 376 g/mol. The van der Waals surface area contributed by atoms with E-state index in [0.717, 1.165) is 21.2 Å². The summed E-state index contributed by atoms with van der Waals surface area (Å²) >= 11 is 3.44. The van der Waals surface area contributed by atoms with Gasteiger partial charge in [-0.25, -0.2) is 0 Å². The first kappa shape index (κ1) is 16.4. The Kier molecular flexibility index (Phi) is 5.43. The van der Waals surface area contributed by atoms with E-state index in [1.165, 1.54) is 0 Å². The van der Waals surface area contributed by atoms with Gasteiger partial charge in [0.15, 0.2) is 0 Å². The Labute approximate surface area is 150 Å². The molecule has 0 aliphatic carbocycles. The molecule has 1 N–H and O–H groups in total. The second-order valence-corrected chi connectivity index (χ2v) is 6.45. The molecule has 0 heterocycles. The second-order valence-electron chi connectivity index (χ2n) is 5.53. The molecular formula is C21H17BrN2. The minimum absolute atomic E-state index is 0.0410. The normalized spacial score (nSPS) is 11.9. The molecule has 3 aromatic carbocycles. The molecule has 3 heteroatoms. The highest BCUT2D eigenvalue weighted by atomic mass is 79.9. The number of nitriles is 1. The van der Waals surface area contributed by atoms with Crippen molar-refractivity contribution in [2.75, 3.05) is 0 Å². The van der Waals surface area contributed by atoms with Crippen LogP contribution in [-0.4, -0.2) is 0 Å². The molecule has 3 rings (SSSR count). The molecule has 0 amide bonds. The SMILES string of the molecule is N#C[C@@H](NC(c1ccccc1)c1ccccc1)c1ccc(Br)cc1. The lowest BCUT2D eigenvalue weighted by Crippen LogP contribution is -2.26. The van der Waals surface area contributed by atoms with Crippen LogP contribution in [0.2, 0.25) is 0 Å². The molecule has 24 heavy (non-hydrogen) atoms. The number of hydrogen-bond donors (Lipinski definition) is 1. The first-order valence-corrected chi connectivity index (χ1v) is 8.58. The van der Waals surface area contributed by atoms with Gasteiger partial charge in [-0.15, -0.1) is 0 Å². The van der Waals surface area contributed by atoms with Crippen LogP contribution in [0.5, 0.6) is 0 Å². The zero-order valence-corrected chi connectivity index (χ0v) is 14.6. The average Bonchev–Trinajstić information content (AvgIpc) is 2.65. The summed E-state index contributed by atoms with van der Waals surface area (Å²) in [5.41, 5.74) is 3.24. The molecular weight excluding hydrogens is 360 g/mol. The largest absolute Gasteiger partial charge is 0.287 e. The summed E-state index contributed by atoms with van der Waals surface area (Å²) in [6.45, 7) is 0. The van der Waals surface area contributed by atoms with E-state index in [4.69, 9.17) is 0 Å². The maximum absolute atomic E-state index is 9.67. The maximum atomic E-state index is 9.67. The highest BCUT2D eigenvalue weighted by molar-refractivity contribution is 9.10. The molecule has 0 fully saturated rings. The maximum Gasteiger partial charge on any atom is 0.122 e. The lowest BCUT2D eigenvalue weighted by molar-refractivity contribution is 0.559. The summed E-state index contributed by atoms with van der Waals surface area (Å²) < 4.78 is 1.01. The van der Waals surface area contributed by atoms with Crippen LogP contribution in [-0.2, 0) is 0 Å². The minimum Gasteiger partial charge on any atom is -0.287 e. The van der Waals surface area contributed by atoms with Crippen LogP contribution >= 0.6 is 15.9 Å². The summed E-state index contributed by atoms with van der Waals surface area (Å²) in [4.78, 5) is 0. The molecule has 0 aliphatic heterocycles. The number of rotatable bonds is 5. The van der Waals surface area contributed by atoms with Crippen molar-refractivity contribution in [1.82, 2.24) is 5.32 Å². The number of nitrogens with zero attached hydrogens (tertiary/aromatic N) is 1. The van der Waals surface area contributed by atoms with Crippen LogP contribution in [0.25, 0.3) is 0 Å². The van der Waals surface area contributed by atoms with Crippen molar-refractivity contribution < 1.29 is 0 Å². The summed E-state index contributed by atoms with van der Waals surface area (Å²) in [7, 11) is 0. The summed E-state index contributed by atoms with van der Waals surface area (Å²) in [6, 6.07) is 30.2. The molecule has 0 aliphatic rings. The molecule has 2 nitrogen and oxygen atoms in total. The van der Waals surface area contributed by atoms with Gasteiger partial charge in [-0.3, -0.25) is 5.32 Å². The highest BCUT2D eigenvalue weighted by Gasteiger charge is 2.19. The lowest BCUT2D eigenvalue weighted by Gasteiger charge is -2.23. The van der Waals surface area contributed by atoms with Crippen LogP contribution < -0.4 is 5.32 Å². The van der Waals surface area contributed by atoms with Crippen LogP contribution in [0.15, 0.2) is 89.4 Å². The van der Waals surface area contributed by atoms with Crippen molar-refractivity contribution in [2.24, 2.45) is 0 Å². The molecule has 0 aromatic heterocycles. The van der Waals surface area contributed by atoms with E-state index in [-0.39, 0.29) is 12.1 Å². The van der Waals surface area contributed by atoms with Crippen molar-refractivity contribution in [3.8, 4) is 6.07 Å². The quantitative estimate of drug-likeness (QED) is 0.647. The second kappa shape index (κ2) is 7.92. The van der Waals surface area contributed by atoms with Gasteiger partial charge in [0.1, 0.15) is 6.04 Å². The van der Waals surface area contributed by atoms with Gasteiger partial charge in [0.2, 0.25) is 0 Å². The van der Waals surface area contributed by atoms with Gasteiger partial charge in [0.05, 0.1) is 12.1 Å². The topological polar surface area (TPSA) is 35.8 Å². The van der Waals surface area contributed by atoms with Crippen LogP contribution in [0, 0.1) is 11.3 Å². The molecule has 0 saturated carbocycles. The van der Waals surface area contributed by atoms with Crippen molar-refractivity contribution >= 4 is 15.9 Å². The van der Waals surface area contributed by atoms with Crippen molar-refractivity contribution in [3.63, 3.8) is 0 Å². The van der Waals surface area contributed by atoms with Crippen LogP contribution in [0.3, 0.4) is 0 Å². The van der Waals surface area contributed by atoms with E-state index in [1.807, 2.05) is 60.7 Å². The number of nitrogens with one attached hydrogen (secondary N) is 1. The minimum atomic E-state index is -0.386. The van der Waals surface area contributed by atoms with Gasteiger partial charge in [-0.1, -0.05) is 88.7 Å². The highest BCUT2D eigenvalue weighted by Crippen LogP contribution is 2.26. The first-order chi connectivity index (χ1) is 11.8. The van der Waals surface area contributed by atoms with E-state index in [9.17, 15) is 5.26 Å². The first-order valence-electron chi connectivity index (χ1n) is 7.79. The van der Waals surface area contributed by atoms with Gasteiger partial charge in [0.25, 0.3) is 0 Å². The summed E-state index contributed by atoms with van der Waals surface area (Å²) in [5.74, 6) is 0. The van der Waals surface area contributed by atoms with E-state index in [0.29, 0.717) is 0 Å². The van der Waals surface area contributed by atoms with Gasteiger partial charge in [0, 0.05) is 4.47 Å². The van der Waals surface area contributed by atoms with Gasteiger partial charge >= 0.3 is 0 Å². The fourth-order valence-corrected chi connectivity index (χ4v) is 2.97. The molecule has 118 valence electrons. The Bertz CT molecular complexity index is 768. The molecule has 0 spiro atoms. The average molecular weight is 377 g/mol. The van der Waals surface area contributed by atoms with Gasteiger partial charge in [-0.2, -0.15) is 5.26 Å². The summed E-state index contributed by atoms with van der Waals surface area (Å²) in [5, 5.41) is 13.2. The third kappa shape index (κ3) is 3.91. The van der Waals surface area contributed by atoms with Crippen molar-refractivity contribution in [3.05, 3.63) is 106 Å². The predicted octanol–water partition coefficient (Wildman–Crippen LogP) is 5.39. The van der Waals surface area contributed by atoms with E-state index < -0.39 is 0 Å². The number of hydrogen-bond acceptors (Lipinski definition) is 2. The Balaban J connectivity index is 1.94. The zero-order chi connectivity index (χ0) is 16.8. The van der Waals surface area contributed by atoms with E-state index >= 15 is 0 Å². The van der Waals surface area contributed by atoms with Crippen molar-refractivity contribution in [1.29, 1.82) is 5.26 Å². The lowest BCUT2D eigenvalue weighted by atomic mass is 9.96. The zero-order valence-electron chi connectivity index (χ0n) is 13.1. The molecule has 0 unspecified atom stereocenters. The van der Waals surface area contributed by atoms with Crippen molar-refractivity contribution in [2.45, 2.75) is 12.1 Å². The smallest absolute Gasteiger partial charge is 0.122 e. The molecule has 1 atom stereocenters. The standard InChI is InChI=1S/C21H17BrN2/c22-19-13-11-16(12-14-19)20(15-23)24-21(17-7-3-1-4-8-17)18-9-5-2-6-10-18/h1-14,20-21,24H/t20-/m1/s1. The molecule has 0 bridgehead atoms. The van der Waals surface area contributed by atoms with Gasteiger partial charge < -0.3 is 0 Å². The Morgan fingerprint density at radius 2 is 1.21 bits per heavy atom. The Morgan fingerprint density at radius 3 is 1.67 bits per heavy atom. The molecule has 3 aromatic rings. The fourth-order valence-electron chi connectivity index (χ4n) is 2.71. The third-order valence-corrected chi connectivity index (χ3v) is 4.46. The number of benzene rings is 3. The van der Waals surface area contributed by atoms with Crippen LogP contribution in [0.1, 0.15) is 28.8 Å². The van der Waals surface area contributed by atoms with Crippen LogP contribution in [0.4, 0.5) is 0 Å².